The molecule has 2 atom stereocenters. The van der Waals surface area contributed by atoms with Gasteiger partial charge in [0.25, 0.3) is 0 Å². The number of rotatable bonds is 3. The van der Waals surface area contributed by atoms with Crippen LogP contribution in [-0.4, -0.2) is 54.0 Å². The maximum atomic E-state index is 12.5. The number of carbonyl (C=O) groups excluding carboxylic acids is 2. The largest absolute Gasteiger partial charge is 0.341 e. The Morgan fingerprint density at radius 2 is 1.96 bits per heavy atom. The van der Waals surface area contributed by atoms with Crippen molar-refractivity contribution < 1.29 is 9.59 Å². The summed E-state index contributed by atoms with van der Waals surface area (Å²) < 4.78 is 0. The summed E-state index contributed by atoms with van der Waals surface area (Å²) in [5.74, 6) is 0.897. The minimum absolute atomic E-state index is 0.00576. The Hall–Kier alpha value is -1.26. The lowest BCUT2D eigenvalue weighted by Crippen LogP contribution is -2.48. The third-order valence-electron chi connectivity index (χ3n) is 5.28. The van der Waals surface area contributed by atoms with Gasteiger partial charge in [0, 0.05) is 38.6 Å². The van der Waals surface area contributed by atoms with E-state index in [9.17, 15) is 9.59 Å². The number of nitrogens with one attached hydrogen (secondary N) is 1. The van der Waals surface area contributed by atoms with Gasteiger partial charge in [0.1, 0.15) is 0 Å². The van der Waals surface area contributed by atoms with Crippen LogP contribution in [0.5, 0.6) is 0 Å². The molecule has 0 spiro atoms. The molecule has 2 heterocycles. The first-order valence-corrected chi connectivity index (χ1v) is 9.10. The first-order valence-electron chi connectivity index (χ1n) is 9.10. The van der Waals surface area contributed by atoms with Gasteiger partial charge in [-0.1, -0.05) is 20.8 Å². The third kappa shape index (κ3) is 5.11. The Balaban J connectivity index is 1.79. The van der Waals surface area contributed by atoms with Crippen molar-refractivity contribution in [1.29, 1.82) is 0 Å². The Morgan fingerprint density at radius 1 is 1.22 bits per heavy atom. The van der Waals surface area contributed by atoms with E-state index in [4.69, 9.17) is 0 Å². The number of likely N-dealkylation sites (tertiary alicyclic amines) is 2. The number of hydrogen-bond acceptors (Lipinski definition) is 2. The van der Waals surface area contributed by atoms with Gasteiger partial charge in [-0.3, -0.25) is 4.79 Å². The Kier molecular flexibility index (Phi) is 5.93. The molecule has 132 valence electrons. The zero-order valence-corrected chi connectivity index (χ0v) is 15.2. The summed E-state index contributed by atoms with van der Waals surface area (Å²) >= 11 is 0. The van der Waals surface area contributed by atoms with Crippen LogP contribution in [0.1, 0.15) is 59.8 Å². The van der Waals surface area contributed by atoms with Crippen molar-refractivity contribution in [1.82, 2.24) is 15.1 Å². The molecule has 0 bridgehead atoms. The summed E-state index contributed by atoms with van der Waals surface area (Å²) in [6.07, 6.45) is 4.95. The van der Waals surface area contributed by atoms with Crippen molar-refractivity contribution in [3.05, 3.63) is 0 Å². The highest BCUT2D eigenvalue weighted by atomic mass is 16.2. The summed E-state index contributed by atoms with van der Waals surface area (Å²) in [6.45, 7) is 12.0. The summed E-state index contributed by atoms with van der Waals surface area (Å²) in [4.78, 5) is 28.0. The smallest absolute Gasteiger partial charge is 0.317 e. The van der Waals surface area contributed by atoms with Crippen LogP contribution in [0, 0.1) is 11.3 Å². The summed E-state index contributed by atoms with van der Waals surface area (Å²) in [6, 6.07) is 0.0323. The molecule has 2 fully saturated rings. The second-order valence-electron chi connectivity index (χ2n) is 8.27. The maximum absolute atomic E-state index is 12.5. The monoisotopic (exact) mass is 323 g/mol. The molecule has 2 saturated heterocycles. The molecule has 5 heteroatoms. The molecule has 0 aromatic rings. The van der Waals surface area contributed by atoms with Crippen LogP contribution in [0.2, 0.25) is 0 Å². The number of hydrogen-bond donors (Lipinski definition) is 1. The highest BCUT2D eigenvalue weighted by Crippen LogP contribution is 2.34. The van der Waals surface area contributed by atoms with Crippen LogP contribution in [0.25, 0.3) is 0 Å². The molecule has 1 N–H and O–H groups in total. The lowest BCUT2D eigenvalue weighted by atomic mass is 9.77. The molecule has 0 aromatic heterocycles. The molecule has 23 heavy (non-hydrogen) atoms. The van der Waals surface area contributed by atoms with Crippen molar-refractivity contribution in [3.63, 3.8) is 0 Å². The summed E-state index contributed by atoms with van der Waals surface area (Å²) in [7, 11) is 0. The van der Waals surface area contributed by atoms with Gasteiger partial charge in [-0.2, -0.15) is 0 Å². The molecule has 3 amide bonds. The van der Waals surface area contributed by atoms with Crippen molar-refractivity contribution >= 4 is 11.9 Å². The van der Waals surface area contributed by atoms with Crippen LogP contribution in [-0.2, 0) is 4.79 Å². The summed E-state index contributed by atoms with van der Waals surface area (Å²) in [5.41, 5.74) is 0.315. The van der Waals surface area contributed by atoms with E-state index in [-0.39, 0.29) is 18.0 Å². The number of nitrogens with zero attached hydrogens (tertiary/aromatic N) is 2. The van der Waals surface area contributed by atoms with E-state index in [1.54, 1.807) is 0 Å². The fraction of sp³-hybridized carbons (Fsp3) is 0.889. The van der Waals surface area contributed by atoms with Gasteiger partial charge in [-0.15, -0.1) is 0 Å². The van der Waals surface area contributed by atoms with E-state index in [0.717, 1.165) is 38.9 Å². The molecular formula is C18H33N3O2. The molecule has 2 unspecified atom stereocenters. The van der Waals surface area contributed by atoms with Crippen LogP contribution < -0.4 is 5.32 Å². The average molecular weight is 323 g/mol. The number of urea groups is 1. The Labute approximate surface area is 140 Å². The molecule has 0 saturated carbocycles. The first kappa shape index (κ1) is 18.1. The molecule has 2 aliphatic rings. The molecule has 5 nitrogen and oxygen atoms in total. The van der Waals surface area contributed by atoms with Gasteiger partial charge >= 0.3 is 6.03 Å². The van der Waals surface area contributed by atoms with Crippen molar-refractivity contribution in [2.45, 2.75) is 65.8 Å². The van der Waals surface area contributed by atoms with E-state index >= 15 is 0 Å². The van der Waals surface area contributed by atoms with E-state index < -0.39 is 0 Å². The predicted molar refractivity (Wildman–Crippen MR) is 92.2 cm³/mol. The SMILES string of the molecule is CC(CN1CCCC1=O)NC(=O)N1CCCC(C(C)(C)C)CC1. The molecular weight excluding hydrogens is 290 g/mol. The highest BCUT2D eigenvalue weighted by Gasteiger charge is 2.29. The van der Waals surface area contributed by atoms with Crippen LogP contribution in [0.4, 0.5) is 4.79 Å². The van der Waals surface area contributed by atoms with Gasteiger partial charge in [0.05, 0.1) is 0 Å². The van der Waals surface area contributed by atoms with Crippen LogP contribution >= 0.6 is 0 Å². The zero-order chi connectivity index (χ0) is 17.0. The zero-order valence-electron chi connectivity index (χ0n) is 15.2. The fourth-order valence-electron chi connectivity index (χ4n) is 3.74. The maximum Gasteiger partial charge on any atom is 0.317 e. The highest BCUT2D eigenvalue weighted by molar-refractivity contribution is 5.78. The third-order valence-corrected chi connectivity index (χ3v) is 5.28. The quantitative estimate of drug-likeness (QED) is 0.868. The molecule has 2 rings (SSSR count). The van der Waals surface area contributed by atoms with Gasteiger partial charge in [0.15, 0.2) is 0 Å². The van der Waals surface area contributed by atoms with Gasteiger partial charge in [-0.25, -0.2) is 4.79 Å². The lowest BCUT2D eigenvalue weighted by Gasteiger charge is -2.30. The van der Waals surface area contributed by atoms with Crippen molar-refractivity contribution in [2.75, 3.05) is 26.2 Å². The Bertz CT molecular complexity index is 430. The standard InChI is InChI=1S/C18H33N3O2/c1-14(13-21-11-6-8-16(21)22)19-17(23)20-10-5-7-15(9-12-20)18(2,3)4/h14-15H,5-13H2,1-4H3,(H,19,23). The predicted octanol–water partition coefficient (Wildman–Crippen LogP) is 2.86. The lowest BCUT2D eigenvalue weighted by molar-refractivity contribution is -0.127. The average Bonchev–Trinajstić information content (AvgIpc) is 2.72. The van der Waals surface area contributed by atoms with E-state index in [2.05, 4.69) is 26.1 Å². The van der Waals surface area contributed by atoms with E-state index in [1.807, 2.05) is 16.7 Å². The second-order valence-corrected chi connectivity index (χ2v) is 8.27. The van der Waals surface area contributed by atoms with Crippen LogP contribution in [0.3, 0.4) is 0 Å². The number of carbonyl (C=O) groups is 2. The van der Waals surface area contributed by atoms with E-state index in [1.165, 1.54) is 6.42 Å². The molecule has 0 radical (unpaired) electrons. The van der Waals surface area contributed by atoms with Gasteiger partial charge < -0.3 is 15.1 Å². The molecule has 0 aliphatic carbocycles. The summed E-state index contributed by atoms with van der Waals surface area (Å²) in [5, 5.41) is 3.07. The van der Waals surface area contributed by atoms with E-state index in [0.29, 0.717) is 24.3 Å². The fourth-order valence-corrected chi connectivity index (χ4v) is 3.74. The van der Waals surface area contributed by atoms with Gasteiger partial charge in [-0.05, 0) is 43.9 Å². The Morgan fingerprint density at radius 3 is 2.57 bits per heavy atom. The van der Waals surface area contributed by atoms with Crippen molar-refractivity contribution in [3.8, 4) is 0 Å². The van der Waals surface area contributed by atoms with Crippen LogP contribution in [0.15, 0.2) is 0 Å². The minimum Gasteiger partial charge on any atom is -0.341 e. The topological polar surface area (TPSA) is 52.7 Å². The molecule has 2 aliphatic heterocycles. The minimum atomic E-state index is 0.00576. The second kappa shape index (κ2) is 7.54. The molecule has 0 aromatic carbocycles. The normalized spacial score (nSPS) is 24.5. The van der Waals surface area contributed by atoms with Crippen molar-refractivity contribution in [2.24, 2.45) is 11.3 Å². The first-order chi connectivity index (χ1) is 10.8. The number of amides is 3. The van der Waals surface area contributed by atoms with Gasteiger partial charge in [0.2, 0.25) is 5.91 Å².